The number of aromatic nitrogens is 2. The number of nitrogen functional groups attached to an aromatic ring is 1. The van der Waals surface area contributed by atoms with Crippen molar-refractivity contribution in [3.8, 4) is 10.6 Å². The molecule has 5 nitrogen and oxygen atoms in total. The number of nitrogens with two attached hydrogens (primary N) is 1. The Bertz CT molecular complexity index is 1190. The number of hydrogen-bond donors (Lipinski definition) is 2. The van der Waals surface area contributed by atoms with Crippen LogP contribution < -0.4 is 11.1 Å². The molecule has 2 saturated heterocycles. The van der Waals surface area contributed by atoms with E-state index in [0.717, 1.165) is 63.9 Å². The molecule has 1 aromatic carbocycles. The molecule has 2 fully saturated rings. The zero-order valence-corrected chi connectivity index (χ0v) is 16.9. The number of fused-ring (bicyclic) bond motifs is 2. The standard InChI is InChI=1S/C21H20N4OS2/c22-12-1-2-17-16(9-12)25-20(27-17)13-3-6-23-19-14(13)10-18(28-19)15-4-7-24-21(15)5-8-26-11-21/h1-3,6,9-10,15,24H,4-5,7-8,11,22H2. The molecule has 1 spiro atoms. The maximum Gasteiger partial charge on any atom is 0.125 e. The Morgan fingerprint density at radius 3 is 3.07 bits per heavy atom. The number of rotatable bonds is 2. The van der Waals surface area contributed by atoms with Crippen molar-refractivity contribution >= 4 is 48.8 Å². The number of hydrogen-bond acceptors (Lipinski definition) is 7. The zero-order chi connectivity index (χ0) is 18.7. The van der Waals surface area contributed by atoms with E-state index in [1.165, 1.54) is 10.3 Å². The number of ether oxygens (including phenoxy) is 1. The highest BCUT2D eigenvalue weighted by Gasteiger charge is 2.46. The van der Waals surface area contributed by atoms with Gasteiger partial charge in [-0.05, 0) is 49.7 Å². The fourth-order valence-corrected chi connectivity index (χ4v) is 6.91. The van der Waals surface area contributed by atoms with Gasteiger partial charge in [-0.3, -0.25) is 0 Å². The van der Waals surface area contributed by atoms with Crippen molar-refractivity contribution in [2.75, 3.05) is 25.5 Å². The largest absolute Gasteiger partial charge is 0.399 e. The number of thiazole rings is 1. The Morgan fingerprint density at radius 2 is 2.18 bits per heavy atom. The lowest BCUT2D eigenvalue weighted by atomic mass is 9.83. The van der Waals surface area contributed by atoms with Gasteiger partial charge >= 0.3 is 0 Å². The number of anilines is 1. The van der Waals surface area contributed by atoms with E-state index in [4.69, 9.17) is 15.5 Å². The summed E-state index contributed by atoms with van der Waals surface area (Å²) >= 11 is 3.54. The van der Waals surface area contributed by atoms with Gasteiger partial charge in [-0.15, -0.1) is 22.7 Å². The molecule has 6 rings (SSSR count). The second-order valence-electron chi connectivity index (χ2n) is 7.70. The summed E-state index contributed by atoms with van der Waals surface area (Å²) in [5.41, 5.74) is 8.91. The first-order valence-corrected chi connectivity index (χ1v) is 11.2. The van der Waals surface area contributed by atoms with Crippen LogP contribution in [0.25, 0.3) is 31.0 Å². The fraction of sp³-hybridized carbons (Fsp3) is 0.333. The quantitative estimate of drug-likeness (QED) is 0.481. The van der Waals surface area contributed by atoms with Gasteiger partial charge in [-0.25, -0.2) is 9.97 Å². The van der Waals surface area contributed by atoms with Crippen LogP contribution in [0, 0.1) is 0 Å². The molecule has 7 heteroatoms. The fourth-order valence-electron chi connectivity index (χ4n) is 4.65. The second-order valence-corrected chi connectivity index (χ2v) is 9.79. The van der Waals surface area contributed by atoms with Crippen molar-refractivity contribution in [1.29, 1.82) is 0 Å². The summed E-state index contributed by atoms with van der Waals surface area (Å²) in [4.78, 5) is 12.0. The molecule has 4 aromatic rings. The van der Waals surface area contributed by atoms with Crippen LogP contribution in [0.2, 0.25) is 0 Å². The van der Waals surface area contributed by atoms with E-state index in [-0.39, 0.29) is 5.54 Å². The molecule has 2 aliphatic rings. The van der Waals surface area contributed by atoms with E-state index < -0.39 is 0 Å². The molecule has 5 heterocycles. The van der Waals surface area contributed by atoms with Crippen molar-refractivity contribution in [2.24, 2.45) is 0 Å². The Kier molecular flexibility index (Phi) is 3.74. The highest BCUT2D eigenvalue weighted by atomic mass is 32.1. The summed E-state index contributed by atoms with van der Waals surface area (Å²) in [7, 11) is 0. The normalized spacial score (nSPS) is 24.8. The number of thiophene rings is 1. The Morgan fingerprint density at radius 1 is 1.21 bits per heavy atom. The third-order valence-corrected chi connectivity index (χ3v) is 8.30. The second kappa shape index (κ2) is 6.22. The van der Waals surface area contributed by atoms with E-state index in [2.05, 4.69) is 28.5 Å². The van der Waals surface area contributed by atoms with Gasteiger partial charge in [0.2, 0.25) is 0 Å². The molecule has 0 radical (unpaired) electrons. The molecule has 142 valence electrons. The smallest absolute Gasteiger partial charge is 0.125 e. The summed E-state index contributed by atoms with van der Waals surface area (Å²) in [6, 6.07) is 10.4. The lowest BCUT2D eigenvalue weighted by Crippen LogP contribution is -2.44. The topological polar surface area (TPSA) is 73.1 Å². The first-order valence-electron chi connectivity index (χ1n) is 9.60. The summed E-state index contributed by atoms with van der Waals surface area (Å²) in [6.07, 6.45) is 4.15. The number of nitrogens with zero attached hydrogens (tertiary/aromatic N) is 2. The molecular weight excluding hydrogens is 388 g/mol. The lowest BCUT2D eigenvalue weighted by Gasteiger charge is -2.28. The minimum absolute atomic E-state index is 0.106. The van der Waals surface area contributed by atoms with E-state index in [9.17, 15) is 0 Å². The highest BCUT2D eigenvalue weighted by molar-refractivity contribution is 7.22. The Labute approximate surface area is 170 Å². The van der Waals surface area contributed by atoms with E-state index in [1.54, 1.807) is 11.3 Å². The third kappa shape index (κ3) is 2.50. The number of nitrogens with one attached hydrogen (secondary N) is 1. The number of pyridine rings is 1. The molecule has 0 bridgehead atoms. The van der Waals surface area contributed by atoms with Crippen LogP contribution in [-0.4, -0.2) is 35.3 Å². The van der Waals surface area contributed by atoms with Crippen LogP contribution in [0.5, 0.6) is 0 Å². The maximum absolute atomic E-state index is 5.93. The summed E-state index contributed by atoms with van der Waals surface area (Å²) in [5, 5.41) is 5.97. The van der Waals surface area contributed by atoms with Gasteiger partial charge in [-0.1, -0.05) is 0 Å². The summed E-state index contributed by atoms with van der Waals surface area (Å²) in [5.74, 6) is 0.497. The molecule has 0 amide bonds. The molecule has 0 aliphatic carbocycles. The molecule has 2 atom stereocenters. The average Bonchev–Trinajstić information content (AvgIpc) is 3.47. The molecular formula is C21H20N4OS2. The van der Waals surface area contributed by atoms with Crippen LogP contribution >= 0.6 is 22.7 Å². The minimum Gasteiger partial charge on any atom is -0.399 e. The predicted octanol–water partition coefficient (Wildman–Crippen LogP) is 4.39. The molecule has 28 heavy (non-hydrogen) atoms. The van der Waals surface area contributed by atoms with Gasteiger partial charge in [0.15, 0.2) is 0 Å². The van der Waals surface area contributed by atoms with Gasteiger partial charge in [0.1, 0.15) is 9.84 Å². The molecule has 3 N–H and O–H groups in total. The Hall–Kier alpha value is -2.06. The average molecular weight is 409 g/mol. The molecule has 2 aliphatic heterocycles. The molecule has 3 aromatic heterocycles. The van der Waals surface area contributed by atoms with Crippen molar-refractivity contribution in [3.05, 3.63) is 41.4 Å². The maximum atomic E-state index is 5.93. The first-order chi connectivity index (χ1) is 13.7. The van der Waals surface area contributed by atoms with Gasteiger partial charge in [0, 0.05) is 40.2 Å². The predicted molar refractivity (Wildman–Crippen MR) is 116 cm³/mol. The van der Waals surface area contributed by atoms with Crippen LogP contribution in [0.4, 0.5) is 5.69 Å². The number of benzene rings is 1. The van der Waals surface area contributed by atoms with Crippen molar-refractivity contribution in [3.63, 3.8) is 0 Å². The van der Waals surface area contributed by atoms with Gasteiger partial charge in [0.05, 0.1) is 22.4 Å². The van der Waals surface area contributed by atoms with Gasteiger partial charge in [0.25, 0.3) is 0 Å². The van der Waals surface area contributed by atoms with Crippen molar-refractivity contribution in [1.82, 2.24) is 15.3 Å². The summed E-state index contributed by atoms with van der Waals surface area (Å²) in [6.45, 7) is 2.72. The molecule has 0 saturated carbocycles. The van der Waals surface area contributed by atoms with Crippen molar-refractivity contribution < 1.29 is 4.74 Å². The Balaban J connectivity index is 1.47. The van der Waals surface area contributed by atoms with Crippen LogP contribution in [0.1, 0.15) is 23.6 Å². The van der Waals surface area contributed by atoms with E-state index in [0.29, 0.717) is 5.92 Å². The lowest BCUT2D eigenvalue weighted by molar-refractivity contribution is 0.168. The van der Waals surface area contributed by atoms with Crippen LogP contribution in [-0.2, 0) is 4.74 Å². The SMILES string of the molecule is Nc1ccc2sc(-c3ccnc4sc(C5CCNC56CCOC6)cc34)nc2c1. The minimum atomic E-state index is 0.106. The monoisotopic (exact) mass is 408 g/mol. The van der Waals surface area contributed by atoms with Crippen molar-refractivity contribution in [2.45, 2.75) is 24.3 Å². The van der Waals surface area contributed by atoms with Crippen LogP contribution in [0.3, 0.4) is 0 Å². The third-order valence-electron chi connectivity index (χ3n) is 6.07. The van der Waals surface area contributed by atoms with E-state index in [1.807, 2.05) is 29.7 Å². The highest BCUT2D eigenvalue weighted by Crippen LogP contribution is 2.46. The summed E-state index contributed by atoms with van der Waals surface area (Å²) < 4.78 is 6.91. The van der Waals surface area contributed by atoms with E-state index >= 15 is 0 Å². The first kappa shape index (κ1) is 16.9. The zero-order valence-electron chi connectivity index (χ0n) is 15.3. The van der Waals surface area contributed by atoms with Gasteiger partial charge < -0.3 is 15.8 Å². The molecule has 2 unspecified atom stereocenters. The van der Waals surface area contributed by atoms with Gasteiger partial charge in [-0.2, -0.15) is 0 Å². The van der Waals surface area contributed by atoms with Crippen LogP contribution in [0.15, 0.2) is 36.5 Å².